The monoisotopic (exact) mass is 296 g/mol. The topological polar surface area (TPSA) is 88.3 Å². The Bertz CT molecular complexity index is 531. The highest BCUT2D eigenvalue weighted by molar-refractivity contribution is 8.00. The third kappa shape index (κ3) is 2.38. The van der Waals surface area contributed by atoms with Gasteiger partial charge in [0.05, 0.1) is 11.8 Å². The predicted octanol–water partition coefficient (Wildman–Crippen LogP) is -0.116. The zero-order chi connectivity index (χ0) is 13.4. The standard InChI is InChI=1S/C11H12N4O2S2/c12-9-10(17)15-3-1-7(19-11(9)15)14-6(16)5-8-13-2-4-18-8/h1-4,7,9,11H,5,12H2,(H,14,16)/t7?,9?,11-/m1/s1. The van der Waals surface area contributed by atoms with Gasteiger partial charge in [-0.3, -0.25) is 9.59 Å². The number of aromatic nitrogens is 1. The van der Waals surface area contributed by atoms with E-state index in [4.69, 9.17) is 5.73 Å². The van der Waals surface area contributed by atoms with Crippen LogP contribution in [0.5, 0.6) is 0 Å². The molecule has 0 radical (unpaired) electrons. The molecule has 19 heavy (non-hydrogen) atoms. The van der Waals surface area contributed by atoms with E-state index in [1.165, 1.54) is 23.1 Å². The first-order valence-electron chi connectivity index (χ1n) is 5.74. The van der Waals surface area contributed by atoms with Crippen LogP contribution < -0.4 is 11.1 Å². The zero-order valence-electron chi connectivity index (χ0n) is 9.85. The fourth-order valence-corrected chi connectivity index (χ4v) is 3.82. The Morgan fingerprint density at radius 2 is 2.42 bits per heavy atom. The van der Waals surface area contributed by atoms with Gasteiger partial charge in [0.25, 0.3) is 0 Å². The maximum absolute atomic E-state index is 11.8. The number of fused-ring (bicyclic) bond motifs is 1. The number of carbonyl (C=O) groups excluding carboxylic acids is 2. The molecule has 1 fully saturated rings. The van der Waals surface area contributed by atoms with E-state index in [1.54, 1.807) is 23.4 Å². The summed E-state index contributed by atoms with van der Waals surface area (Å²) in [7, 11) is 0. The van der Waals surface area contributed by atoms with Gasteiger partial charge in [0.2, 0.25) is 11.8 Å². The molecule has 1 aromatic heterocycles. The van der Waals surface area contributed by atoms with Gasteiger partial charge < -0.3 is 16.0 Å². The predicted molar refractivity (Wildman–Crippen MR) is 73.1 cm³/mol. The molecular weight excluding hydrogens is 284 g/mol. The van der Waals surface area contributed by atoms with Crippen LogP contribution in [0.15, 0.2) is 23.9 Å². The summed E-state index contributed by atoms with van der Waals surface area (Å²) in [6.45, 7) is 0. The lowest BCUT2D eigenvalue weighted by molar-refractivity contribution is -0.140. The zero-order valence-corrected chi connectivity index (χ0v) is 11.5. The number of amides is 2. The lowest BCUT2D eigenvalue weighted by atomic mass is 10.1. The van der Waals surface area contributed by atoms with Crippen molar-refractivity contribution in [3.05, 3.63) is 28.9 Å². The van der Waals surface area contributed by atoms with Crippen molar-refractivity contribution in [2.45, 2.75) is 23.2 Å². The maximum atomic E-state index is 11.8. The summed E-state index contributed by atoms with van der Waals surface area (Å²) >= 11 is 2.93. The van der Waals surface area contributed by atoms with Gasteiger partial charge >= 0.3 is 0 Å². The second-order valence-corrected chi connectivity index (χ2v) is 6.47. The number of thioether (sulfide) groups is 1. The van der Waals surface area contributed by atoms with Gasteiger partial charge in [-0.25, -0.2) is 4.98 Å². The molecule has 0 saturated carbocycles. The SMILES string of the molecule is NC1C(=O)N2C=CC(NC(=O)Cc3nccs3)S[C@H]12. The van der Waals surface area contributed by atoms with Crippen LogP contribution in [0.1, 0.15) is 5.01 Å². The molecule has 2 amide bonds. The van der Waals surface area contributed by atoms with Crippen molar-refractivity contribution in [1.29, 1.82) is 0 Å². The summed E-state index contributed by atoms with van der Waals surface area (Å²) in [6.07, 6.45) is 5.45. The first-order chi connectivity index (χ1) is 9.15. The van der Waals surface area contributed by atoms with Crippen molar-refractivity contribution in [1.82, 2.24) is 15.2 Å². The second-order valence-electron chi connectivity index (χ2n) is 4.23. The lowest BCUT2D eigenvalue weighted by Gasteiger charge is -2.46. The van der Waals surface area contributed by atoms with Gasteiger partial charge in [-0.15, -0.1) is 23.1 Å². The smallest absolute Gasteiger partial charge is 0.247 e. The summed E-state index contributed by atoms with van der Waals surface area (Å²) in [5, 5.41) is 5.31. The second kappa shape index (κ2) is 4.95. The van der Waals surface area contributed by atoms with Crippen molar-refractivity contribution in [2.24, 2.45) is 5.73 Å². The molecule has 0 spiro atoms. The molecule has 3 heterocycles. The molecule has 2 aliphatic rings. The molecule has 1 saturated heterocycles. The average molecular weight is 296 g/mol. The molecule has 3 N–H and O–H groups in total. The van der Waals surface area contributed by atoms with Gasteiger partial charge in [-0.2, -0.15) is 0 Å². The number of nitrogens with two attached hydrogens (primary N) is 1. The third-order valence-corrected chi connectivity index (χ3v) is 5.07. The fourth-order valence-electron chi connectivity index (χ4n) is 1.95. The average Bonchev–Trinajstić information content (AvgIpc) is 2.90. The van der Waals surface area contributed by atoms with E-state index in [9.17, 15) is 9.59 Å². The van der Waals surface area contributed by atoms with Gasteiger partial charge in [0, 0.05) is 17.8 Å². The van der Waals surface area contributed by atoms with E-state index in [2.05, 4.69) is 10.3 Å². The van der Waals surface area contributed by atoms with Crippen LogP contribution in [0, 0.1) is 0 Å². The normalized spacial score (nSPS) is 28.8. The number of thiazole rings is 1. The summed E-state index contributed by atoms with van der Waals surface area (Å²) < 4.78 is 0. The number of nitrogens with one attached hydrogen (secondary N) is 1. The number of carbonyl (C=O) groups is 2. The maximum Gasteiger partial charge on any atom is 0.247 e. The largest absolute Gasteiger partial charge is 0.340 e. The van der Waals surface area contributed by atoms with E-state index >= 15 is 0 Å². The van der Waals surface area contributed by atoms with Crippen LogP contribution >= 0.6 is 23.1 Å². The quantitative estimate of drug-likeness (QED) is 0.760. The first-order valence-corrected chi connectivity index (χ1v) is 7.56. The van der Waals surface area contributed by atoms with Crippen molar-refractivity contribution >= 4 is 34.9 Å². The van der Waals surface area contributed by atoms with Crippen LogP contribution in [-0.4, -0.2) is 38.5 Å². The van der Waals surface area contributed by atoms with Crippen molar-refractivity contribution in [3.8, 4) is 0 Å². The van der Waals surface area contributed by atoms with Crippen LogP contribution in [0.2, 0.25) is 0 Å². The third-order valence-electron chi connectivity index (χ3n) is 2.93. The Morgan fingerprint density at radius 3 is 3.16 bits per heavy atom. The molecular formula is C11H12N4O2S2. The molecule has 8 heteroatoms. The van der Waals surface area contributed by atoms with E-state index in [1.807, 2.05) is 5.38 Å². The summed E-state index contributed by atoms with van der Waals surface area (Å²) in [4.78, 5) is 28.9. The van der Waals surface area contributed by atoms with E-state index < -0.39 is 6.04 Å². The minimum absolute atomic E-state index is 0.0670. The van der Waals surface area contributed by atoms with Crippen LogP contribution in [-0.2, 0) is 16.0 Å². The van der Waals surface area contributed by atoms with Crippen LogP contribution in [0.25, 0.3) is 0 Å². The number of nitrogens with zero attached hydrogens (tertiary/aromatic N) is 2. The van der Waals surface area contributed by atoms with E-state index in [0.717, 1.165) is 5.01 Å². The van der Waals surface area contributed by atoms with Crippen molar-refractivity contribution in [3.63, 3.8) is 0 Å². The highest BCUT2D eigenvalue weighted by atomic mass is 32.2. The number of hydrogen-bond acceptors (Lipinski definition) is 6. The minimum Gasteiger partial charge on any atom is -0.340 e. The Hall–Kier alpha value is -1.38. The first kappa shape index (κ1) is 12.6. The van der Waals surface area contributed by atoms with Gasteiger partial charge in [0.1, 0.15) is 16.4 Å². The van der Waals surface area contributed by atoms with E-state index in [-0.39, 0.29) is 29.0 Å². The van der Waals surface area contributed by atoms with Gasteiger partial charge in [0.15, 0.2) is 0 Å². The number of rotatable bonds is 3. The Labute approximate surface area is 118 Å². The van der Waals surface area contributed by atoms with Crippen molar-refractivity contribution < 1.29 is 9.59 Å². The summed E-state index contributed by atoms with van der Waals surface area (Å²) in [6, 6.07) is -0.465. The Kier molecular flexibility index (Phi) is 3.29. The van der Waals surface area contributed by atoms with Gasteiger partial charge in [-0.1, -0.05) is 0 Å². The molecule has 3 atom stereocenters. The highest BCUT2D eigenvalue weighted by Gasteiger charge is 2.47. The molecule has 3 rings (SSSR count). The molecule has 2 aliphatic heterocycles. The minimum atomic E-state index is -0.465. The molecule has 100 valence electrons. The van der Waals surface area contributed by atoms with Crippen LogP contribution in [0.3, 0.4) is 0 Å². The number of hydrogen-bond donors (Lipinski definition) is 2. The highest BCUT2D eigenvalue weighted by Crippen LogP contribution is 2.35. The Morgan fingerprint density at radius 1 is 1.58 bits per heavy atom. The lowest BCUT2D eigenvalue weighted by Crippen LogP contribution is -2.66. The molecule has 1 aromatic rings. The Balaban J connectivity index is 1.56. The molecule has 0 aliphatic carbocycles. The molecule has 0 bridgehead atoms. The molecule has 0 aromatic carbocycles. The molecule has 2 unspecified atom stereocenters. The fraction of sp³-hybridized carbons (Fsp3) is 0.364. The van der Waals surface area contributed by atoms with E-state index in [0.29, 0.717) is 0 Å². The van der Waals surface area contributed by atoms with Gasteiger partial charge in [-0.05, 0) is 6.08 Å². The van der Waals surface area contributed by atoms with Crippen molar-refractivity contribution in [2.75, 3.05) is 0 Å². The van der Waals surface area contributed by atoms with Crippen LogP contribution in [0.4, 0.5) is 0 Å². The molecule has 6 nitrogen and oxygen atoms in total. The summed E-state index contributed by atoms with van der Waals surface area (Å²) in [5.74, 6) is -0.147. The summed E-state index contributed by atoms with van der Waals surface area (Å²) in [5.41, 5.74) is 5.71. The number of β-lactam (4-membered cyclic amide) rings is 1.